The molecule has 2 heterocycles. The fourth-order valence-electron chi connectivity index (χ4n) is 1.37. The summed E-state index contributed by atoms with van der Waals surface area (Å²) in [6.45, 7) is 8.28. The monoisotopic (exact) mass is 267 g/mol. The van der Waals surface area contributed by atoms with Gasteiger partial charge in [-0.05, 0) is 0 Å². The minimum absolute atomic E-state index is 0.151. The second-order valence-electron chi connectivity index (χ2n) is 4.91. The highest BCUT2D eigenvalue weighted by atomic mass is 32.1. The van der Waals surface area contributed by atoms with Crippen LogP contribution >= 0.6 is 22.7 Å². The zero-order chi connectivity index (χ0) is 12.3. The molecule has 2 aromatic rings. The summed E-state index contributed by atoms with van der Waals surface area (Å²) in [5.74, 6) is 0. The van der Waals surface area contributed by atoms with E-state index in [4.69, 9.17) is 0 Å². The molecule has 0 amide bonds. The lowest BCUT2D eigenvalue weighted by Crippen LogP contribution is -2.11. The van der Waals surface area contributed by atoms with Crippen molar-refractivity contribution in [3.05, 3.63) is 32.7 Å². The summed E-state index contributed by atoms with van der Waals surface area (Å²) in [6, 6.07) is 0. The highest BCUT2D eigenvalue weighted by molar-refractivity contribution is 7.11. The maximum atomic E-state index is 4.47. The van der Waals surface area contributed by atoms with Crippen LogP contribution < -0.4 is 5.32 Å². The second kappa shape index (κ2) is 5.25. The van der Waals surface area contributed by atoms with E-state index in [9.17, 15) is 0 Å². The van der Waals surface area contributed by atoms with E-state index in [0.29, 0.717) is 0 Å². The summed E-state index contributed by atoms with van der Waals surface area (Å²) in [5.41, 5.74) is 0.151. The van der Waals surface area contributed by atoms with Crippen molar-refractivity contribution in [2.24, 2.45) is 0 Å². The van der Waals surface area contributed by atoms with E-state index in [1.54, 1.807) is 22.7 Å². The molecule has 0 saturated carbocycles. The van der Waals surface area contributed by atoms with Crippen LogP contribution in [0.5, 0.6) is 0 Å². The molecule has 0 aliphatic carbocycles. The molecule has 0 aromatic carbocycles. The molecule has 0 aliphatic heterocycles. The van der Waals surface area contributed by atoms with E-state index in [2.05, 4.69) is 36.1 Å². The largest absolute Gasteiger partial charge is 0.305 e. The number of aromatic nitrogens is 2. The van der Waals surface area contributed by atoms with Gasteiger partial charge in [0.25, 0.3) is 0 Å². The first kappa shape index (κ1) is 12.7. The standard InChI is InChI=1S/C12H17N3S2/c1-12(2,3)11-15-7-9(17-11)6-13-8-10-14-4-5-16-10/h4-5,7,13H,6,8H2,1-3H3. The van der Waals surface area contributed by atoms with Crippen LogP contribution in [0, 0.1) is 0 Å². The minimum atomic E-state index is 0.151. The molecule has 0 radical (unpaired) electrons. The summed E-state index contributed by atoms with van der Waals surface area (Å²) >= 11 is 3.47. The Hall–Kier alpha value is -0.780. The SMILES string of the molecule is CC(C)(C)c1ncc(CNCc2nccs2)s1. The number of hydrogen-bond donors (Lipinski definition) is 1. The van der Waals surface area contributed by atoms with Crippen molar-refractivity contribution in [1.29, 1.82) is 0 Å². The van der Waals surface area contributed by atoms with Crippen molar-refractivity contribution < 1.29 is 0 Å². The summed E-state index contributed by atoms with van der Waals surface area (Å²) in [7, 11) is 0. The van der Waals surface area contributed by atoms with E-state index < -0.39 is 0 Å². The molecule has 3 nitrogen and oxygen atoms in total. The molecule has 92 valence electrons. The van der Waals surface area contributed by atoms with Gasteiger partial charge in [-0.2, -0.15) is 0 Å². The molecule has 0 unspecified atom stereocenters. The predicted octanol–water partition coefficient (Wildman–Crippen LogP) is 3.19. The molecule has 5 heteroatoms. The van der Waals surface area contributed by atoms with Crippen LogP contribution in [-0.4, -0.2) is 9.97 Å². The quantitative estimate of drug-likeness (QED) is 0.924. The number of nitrogens with zero attached hydrogens (tertiary/aromatic N) is 2. The lowest BCUT2D eigenvalue weighted by atomic mass is 9.98. The first-order valence-electron chi connectivity index (χ1n) is 5.60. The zero-order valence-electron chi connectivity index (χ0n) is 10.4. The molecular formula is C12H17N3S2. The molecular weight excluding hydrogens is 250 g/mol. The van der Waals surface area contributed by atoms with Crippen molar-refractivity contribution in [1.82, 2.24) is 15.3 Å². The highest BCUT2D eigenvalue weighted by Crippen LogP contribution is 2.26. The average molecular weight is 267 g/mol. The topological polar surface area (TPSA) is 37.8 Å². The van der Waals surface area contributed by atoms with Crippen LogP contribution in [0.25, 0.3) is 0 Å². The van der Waals surface area contributed by atoms with E-state index in [0.717, 1.165) is 18.1 Å². The fourth-order valence-corrected chi connectivity index (χ4v) is 2.89. The Morgan fingerprint density at radius 2 is 2.06 bits per heavy atom. The first-order chi connectivity index (χ1) is 8.05. The fraction of sp³-hybridized carbons (Fsp3) is 0.500. The highest BCUT2D eigenvalue weighted by Gasteiger charge is 2.17. The third-order valence-electron chi connectivity index (χ3n) is 2.25. The zero-order valence-corrected chi connectivity index (χ0v) is 12.0. The lowest BCUT2D eigenvalue weighted by Gasteiger charge is -2.13. The van der Waals surface area contributed by atoms with E-state index in [-0.39, 0.29) is 5.41 Å². The van der Waals surface area contributed by atoms with Gasteiger partial charge in [0.05, 0.1) is 5.01 Å². The van der Waals surface area contributed by atoms with Gasteiger partial charge < -0.3 is 5.32 Å². The smallest absolute Gasteiger partial charge is 0.106 e. The maximum absolute atomic E-state index is 4.47. The number of hydrogen-bond acceptors (Lipinski definition) is 5. The predicted molar refractivity (Wildman–Crippen MR) is 73.5 cm³/mol. The molecule has 0 atom stereocenters. The van der Waals surface area contributed by atoms with Gasteiger partial charge in [0.15, 0.2) is 0 Å². The molecule has 0 fully saturated rings. The Balaban J connectivity index is 1.85. The van der Waals surface area contributed by atoms with Gasteiger partial charge in [-0.15, -0.1) is 22.7 Å². The Labute approximate surface area is 110 Å². The van der Waals surface area contributed by atoms with Gasteiger partial charge in [0.1, 0.15) is 5.01 Å². The van der Waals surface area contributed by atoms with Crippen molar-refractivity contribution >= 4 is 22.7 Å². The normalized spacial score (nSPS) is 11.9. The van der Waals surface area contributed by atoms with Crippen LogP contribution in [0.1, 0.15) is 35.7 Å². The van der Waals surface area contributed by atoms with Crippen LogP contribution in [0.3, 0.4) is 0 Å². The number of rotatable bonds is 4. The Bertz CT molecular complexity index is 454. The molecule has 0 saturated heterocycles. The van der Waals surface area contributed by atoms with Crippen LogP contribution in [-0.2, 0) is 18.5 Å². The molecule has 0 aliphatic rings. The van der Waals surface area contributed by atoms with Crippen molar-refractivity contribution in [2.45, 2.75) is 39.3 Å². The average Bonchev–Trinajstić information content (AvgIpc) is 2.86. The molecule has 0 bridgehead atoms. The van der Waals surface area contributed by atoms with E-state index in [1.165, 1.54) is 9.88 Å². The summed E-state index contributed by atoms with van der Waals surface area (Å²) < 4.78 is 0. The first-order valence-corrected chi connectivity index (χ1v) is 7.29. The van der Waals surface area contributed by atoms with Gasteiger partial charge in [-0.25, -0.2) is 9.97 Å². The second-order valence-corrected chi connectivity index (χ2v) is 7.01. The van der Waals surface area contributed by atoms with Crippen LogP contribution in [0.4, 0.5) is 0 Å². The lowest BCUT2D eigenvalue weighted by molar-refractivity contribution is 0.585. The molecule has 0 spiro atoms. The van der Waals surface area contributed by atoms with E-state index >= 15 is 0 Å². The summed E-state index contributed by atoms with van der Waals surface area (Å²) in [5, 5.41) is 7.72. The van der Waals surface area contributed by atoms with Gasteiger partial charge in [0, 0.05) is 41.2 Å². The Morgan fingerprint density at radius 3 is 2.65 bits per heavy atom. The molecule has 2 rings (SSSR count). The molecule has 1 N–H and O–H groups in total. The van der Waals surface area contributed by atoms with Gasteiger partial charge in [0.2, 0.25) is 0 Å². The van der Waals surface area contributed by atoms with Crippen molar-refractivity contribution in [2.75, 3.05) is 0 Å². The molecule has 17 heavy (non-hydrogen) atoms. The van der Waals surface area contributed by atoms with Gasteiger partial charge >= 0.3 is 0 Å². The van der Waals surface area contributed by atoms with Crippen molar-refractivity contribution in [3.8, 4) is 0 Å². The van der Waals surface area contributed by atoms with Crippen LogP contribution in [0.15, 0.2) is 17.8 Å². The number of nitrogens with one attached hydrogen (secondary N) is 1. The Morgan fingerprint density at radius 1 is 1.24 bits per heavy atom. The Kier molecular flexibility index (Phi) is 3.91. The number of thiazole rings is 2. The minimum Gasteiger partial charge on any atom is -0.305 e. The van der Waals surface area contributed by atoms with Crippen LogP contribution in [0.2, 0.25) is 0 Å². The van der Waals surface area contributed by atoms with E-state index in [1.807, 2.05) is 17.8 Å². The van der Waals surface area contributed by atoms with Crippen molar-refractivity contribution in [3.63, 3.8) is 0 Å². The van der Waals surface area contributed by atoms with Gasteiger partial charge in [-0.3, -0.25) is 0 Å². The molecule has 2 aromatic heterocycles. The van der Waals surface area contributed by atoms with Gasteiger partial charge in [-0.1, -0.05) is 20.8 Å². The third-order valence-corrected chi connectivity index (χ3v) is 4.46. The maximum Gasteiger partial charge on any atom is 0.106 e. The third kappa shape index (κ3) is 3.59. The summed E-state index contributed by atoms with van der Waals surface area (Å²) in [6.07, 6.45) is 3.81. The summed E-state index contributed by atoms with van der Waals surface area (Å²) in [4.78, 5) is 9.99.